The fourth-order valence-electron chi connectivity index (χ4n) is 5.94. The number of nitrogens with zero attached hydrogens (tertiary/aromatic N) is 2. The fourth-order valence-corrected chi connectivity index (χ4v) is 5.94. The molecule has 1 amide bonds. The molecule has 4 aliphatic rings. The SMILES string of the molecule is CC(C)C1CCCCC1.CC(C)CN1CCCC1=O.CC(C)CN1CCOCC1.CCC1(C(C)C)CC1. The van der Waals surface area contributed by atoms with Crippen molar-refractivity contribution in [3.8, 4) is 0 Å². The average molecular weight is 523 g/mol. The van der Waals surface area contributed by atoms with Gasteiger partial charge >= 0.3 is 0 Å². The van der Waals surface area contributed by atoms with Crippen LogP contribution in [0.2, 0.25) is 0 Å². The average Bonchev–Trinajstić information content (AvgIpc) is 3.58. The zero-order chi connectivity index (χ0) is 27.8. The van der Waals surface area contributed by atoms with Crippen LogP contribution in [0.4, 0.5) is 0 Å². The number of ether oxygens (including phenoxy) is 1. The third kappa shape index (κ3) is 14.9. The van der Waals surface area contributed by atoms with Gasteiger partial charge in [0, 0.05) is 39.1 Å². The van der Waals surface area contributed by atoms with Gasteiger partial charge in [-0.3, -0.25) is 9.69 Å². The third-order valence-corrected chi connectivity index (χ3v) is 8.90. The van der Waals surface area contributed by atoms with Crippen LogP contribution in [-0.2, 0) is 9.53 Å². The summed E-state index contributed by atoms with van der Waals surface area (Å²) in [6.45, 7) is 27.8. The lowest BCUT2D eigenvalue weighted by atomic mass is 9.82. The summed E-state index contributed by atoms with van der Waals surface area (Å²) in [5.74, 6) is 4.66. The van der Waals surface area contributed by atoms with Crippen molar-refractivity contribution in [2.75, 3.05) is 45.9 Å². The molecular weight excluding hydrogens is 456 g/mol. The van der Waals surface area contributed by atoms with Crippen LogP contribution in [0.25, 0.3) is 0 Å². The van der Waals surface area contributed by atoms with E-state index >= 15 is 0 Å². The zero-order valence-corrected chi connectivity index (χ0v) is 26.6. The molecule has 2 saturated carbocycles. The molecule has 0 aromatic rings. The molecule has 0 aromatic carbocycles. The van der Waals surface area contributed by atoms with Gasteiger partial charge < -0.3 is 9.64 Å². The number of carbonyl (C=O) groups is 1. The summed E-state index contributed by atoms with van der Waals surface area (Å²) < 4.78 is 5.24. The van der Waals surface area contributed by atoms with Crippen LogP contribution in [0.15, 0.2) is 0 Å². The Kier molecular flexibility index (Phi) is 17.3. The number of hydrogen-bond donors (Lipinski definition) is 0. The predicted molar refractivity (Wildman–Crippen MR) is 161 cm³/mol. The minimum atomic E-state index is 0.341. The topological polar surface area (TPSA) is 32.8 Å². The maximum atomic E-state index is 11.0. The Hall–Kier alpha value is -0.610. The van der Waals surface area contributed by atoms with Crippen molar-refractivity contribution >= 4 is 5.91 Å². The van der Waals surface area contributed by atoms with Gasteiger partial charge in [-0.25, -0.2) is 0 Å². The first-order valence-electron chi connectivity index (χ1n) is 16.1. The van der Waals surface area contributed by atoms with Gasteiger partial charge in [0.2, 0.25) is 5.91 Å². The minimum absolute atomic E-state index is 0.341. The molecule has 2 aliphatic carbocycles. The Bertz CT molecular complexity index is 571. The fraction of sp³-hybridized carbons (Fsp3) is 0.970. The van der Waals surface area contributed by atoms with E-state index in [0.29, 0.717) is 11.8 Å². The molecule has 0 unspecified atom stereocenters. The molecule has 0 atom stereocenters. The number of amides is 1. The van der Waals surface area contributed by atoms with Crippen LogP contribution < -0.4 is 0 Å². The van der Waals surface area contributed by atoms with Gasteiger partial charge in [0.15, 0.2) is 0 Å². The standard InChI is InChI=1S/C9H18.C8H17NO.C8H15NO.C8H16/c1-8(2)9-6-4-3-5-7-9;1-8(2)7-9-3-5-10-6-4-9;1-7(2)6-9-5-3-4-8(9)10;1-4-8(5-6-8)7(2)3/h8-9H,3-7H2,1-2H3;8H,3-7H2,1-2H3;7H,3-6H2,1-2H3;7H,4-6H2,1-3H3. The van der Waals surface area contributed by atoms with Crippen LogP contribution in [0.1, 0.15) is 127 Å². The van der Waals surface area contributed by atoms with E-state index in [1.807, 2.05) is 4.90 Å². The van der Waals surface area contributed by atoms with Crippen molar-refractivity contribution in [3.05, 3.63) is 0 Å². The monoisotopic (exact) mass is 523 g/mol. The number of morpholine rings is 1. The molecule has 220 valence electrons. The van der Waals surface area contributed by atoms with Crippen molar-refractivity contribution in [2.24, 2.45) is 35.0 Å². The van der Waals surface area contributed by atoms with Crippen molar-refractivity contribution in [2.45, 2.75) is 127 Å². The van der Waals surface area contributed by atoms with Gasteiger partial charge in [-0.1, -0.05) is 101 Å². The molecule has 0 spiro atoms. The molecule has 0 N–H and O–H groups in total. The Morgan fingerprint density at radius 2 is 1.38 bits per heavy atom. The highest BCUT2D eigenvalue weighted by atomic mass is 16.5. The molecule has 4 heteroatoms. The van der Waals surface area contributed by atoms with E-state index in [2.05, 4.69) is 67.2 Å². The second-order valence-corrected chi connectivity index (χ2v) is 13.7. The quantitative estimate of drug-likeness (QED) is 0.337. The van der Waals surface area contributed by atoms with Gasteiger partial charge in [0.25, 0.3) is 0 Å². The predicted octanol–water partition coefficient (Wildman–Crippen LogP) is 8.29. The van der Waals surface area contributed by atoms with E-state index in [1.165, 1.54) is 57.9 Å². The van der Waals surface area contributed by atoms with E-state index in [-0.39, 0.29) is 0 Å². The second-order valence-electron chi connectivity index (χ2n) is 13.7. The normalized spacial score (nSPS) is 21.9. The zero-order valence-electron chi connectivity index (χ0n) is 26.6. The van der Waals surface area contributed by atoms with Gasteiger partial charge in [-0.15, -0.1) is 0 Å². The summed E-state index contributed by atoms with van der Waals surface area (Å²) in [4.78, 5) is 15.5. The maximum Gasteiger partial charge on any atom is 0.222 e. The summed E-state index contributed by atoms with van der Waals surface area (Å²) in [5, 5.41) is 0. The molecule has 4 fully saturated rings. The smallest absolute Gasteiger partial charge is 0.222 e. The first-order chi connectivity index (χ1) is 17.5. The molecule has 2 heterocycles. The lowest BCUT2D eigenvalue weighted by Crippen LogP contribution is -2.38. The molecule has 0 radical (unpaired) electrons. The molecule has 0 bridgehead atoms. The van der Waals surface area contributed by atoms with Crippen molar-refractivity contribution in [3.63, 3.8) is 0 Å². The lowest BCUT2D eigenvalue weighted by molar-refractivity contribution is -0.128. The van der Waals surface area contributed by atoms with E-state index < -0.39 is 0 Å². The molecule has 4 rings (SSSR count). The van der Waals surface area contributed by atoms with Gasteiger partial charge in [-0.05, 0) is 54.3 Å². The first kappa shape index (κ1) is 34.4. The van der Waals surface area contributed by atoms with Gasteiger partial charge in [-0.2, -0.15) is 0 Å². The van der Waals surface area contributed by atoms with Crippen molar-refractivity contribution in [1.29, 1.82) is 0 Å². The van der Waals surface area contributed by atoms with Crippen LogP contribution in [0.3, 0.4) is 0 Å². The van der Waals surface area contributed by atoms with Gasteiger partial charge in [0.1, 0.15) is 0 Å². The Morgan fingerprint density at radius 1 is 0.811 bits per heavy atom. The molecule has 37 heavy (non-hydrogen) atoms. The molecule has 0 aromatic heterocycles. The van der Waals surface area contributed by atoms with Crippen LogP contribution >= 0.6 is 0 Å². The number of carbonyl (C=O) groups excluding carboxylic acids is 1. The van der Waals surface area contributed by atoms with Crippen LogP contribution in [-0.4, -0.2) is 61.6 Å². The highest BCUT2D eigenvalue weighted by molar-refractivity contribution is 5.78. The number of rotatable bonds is 7. The summed E-state index contributed by atoms with van der Waals surface area (Å²) in [5.41, 5.74) is 0.792. The summed E-state index contributed by atoms with van der Waals surface area (Å²) in [7, 11) is 0. The Balaban J connectivity index is 0.000000248. The molecule has 2 aliphatic heterocycles. The summed E-state index contributed by atoms with van der Waals surface area (Å²) in [6, 6.07) is 0. The highest BCUT2D eigenvalue weighted by Gasteiger charge is 2.42. The van der Waals surface area contributed by atoms with Crippen molar-refractivity contribution < 1.29 is 9.53 Å². The number of hydrogen-bond acceptors (Lipinski definition) is 3. The maximum absolute atomic E-state index is 11.0. The van der Waals surface area contributed by atoms with E-state index in [4.69, 9.17) is 4.74 Å². The van der Waals surface area contributed by atoms with Crippen LogP contribution in [0.5, 0.6) is 0 Å². The van der Waals surface area contributed by atoms with Gasteiger partial charge in [0.05, 0.1) is 13.2 Å². The molecule has 4 nitrogen and oxygen atoms in total. The third-order valence-electron chi connectivity index (χ3n) is 8.90. The Morgan fingerprint density at radius 3 is 1.70 bits per heavy atom. The van der Waals surface area contributed by atoms with E-state index in [0.717, 1.165) is 81.3 Å². The van der Waals surface area contributed by atoms with Crippen molar-refractivity contribution in [1.82, 2.24) is 9.80 Å². The highest BCUT2D eigenvalue weighted by Crippen LogP contribution is 2.54. The van der Waals surface area contributed by atoms with Crippen LogP contribution in [0, 0.1) is 35.0 Å². The molecular formula is C33H66N2O2. The molecule has 2 saturated heterocycles. The van der Waals surface area contributed by atoms with E-state index in [9.17, 15) is 4.79 Å². The first-order valence-corrected chi connectivity index (χ1v) is 16.1. The Labute approximate surface area is 232 Å². The summed E-state index contributed by atoms with van der Waals surface area (Å²) in [6.07, 6.45) is 13.7. The second kappa shape index (κ2) is 18.6. The lowest BCUT2D eigenvalue weighted by Gasteiger charge is -2.27. The van der Waals surface area contributed by atoms with E-state index in [1.54, 1.807) is 0 Å². The minimum Gasteiger partial charge on any atom is -0.379 e. The number of likely N-dealkylation sites (tertiary alicyclic amines) is 1. The summed E-state index contributed by atoms with van der Waals surface area (Å²) >= 11 is 0. The largest absolute Gasteiger partial charge is 0.379 e.